The zero-order chi connectivity index (χ0) is 21.8. The zero-order valence-electron chi connectivity index (χ0n) is 18.1. The highest BCUT2D eigenvalue weighted by Gasteiger charge is 2.35. The summed E-state index contributed by atoms with van der Waals surface area (Å²) < 4.78 is 10.4. The van der Waals surface area contributed by atoms with Gasteiger partial charge in [0.2, 0.25) is 6.04 Å². The molecule has 30 heavy (non-hydrogen) atoms. The second kappa shape index (κ2) is 12.8. The summed E-state index contributed by atoms with van der Waals surface area (Å²) >= 11 is 0. The lowest BCUT2D eigenvalue weighted by molar-refractivity contribution is -0.164. The molecule has 0 aromatic heterocycles. The summed E-state index contributed by atoms with van der Waals surface area (Å²) in [6.07, 6.45) is 0. The third-order valence-corrected chi connectivity index (χ3v) is 4.68. The molecule has 0 spiro atoms. The van der Waals surface area contributed by atoms with Crippen molar-refractivity contribution in [2.45, 2.75) is 33.0 Å². The molecule has 6 nitrogen and oxygen atoms in total. The van der Waals surface area contributed by atoms with E-state index in [1.807, 2.05) is 60.5 Å². The minimum atomic E-state index is -1.09. The number of hydrogen-bond donors (Lipinski definition) is 0. The molecule has 6 heteroatoms. The third-order valence-electron chi connectivity index (χ3n) is 4.68. The van der Waals surface area contributed by atoms with Gasteiger partial charge in [-0.15, -0.1) is 0 Å². The van der Waals surface area contributed by atoms with Gasteiger partial charge in [0.05, 0.1) is 13.2 Å². The molecule has 0 heterocycles. The number of carbonyl (C=O) groups excluding carboxylic acids is 2. The first kappa shape index (κ1) is 23.6. The number of esters is 2. The fraction of sp³-hybridized carbons (Fsp3) is 0.417. The van der Waals surface area contributed by atoms with Gasteiger partial charge in [0.15, 0.2) is 0 Å². The van der Waals surface area contributed by atoms with Crippen molar-refractivity contribution in [1.82, 2.24) is 9.80 Å². The zero-order valence-corrected chi connectivity index (χ0v) is 18.1. The number of carbonyl (C=O) groups is 2. The van der Waals surface area contributed by atoms with Crippen LogP contribution in [0.4, 0.5) is 0 Å². The van der Waals surface area contributed by atoms with Crippen molar-refractivity contribution >= 4 is 11.9 Å². The van der Waals surface area contributed by atoms with Crippen LogP contribution < -0.4 is 0 Å². The predicted molar refractivity (Wildman–Crippen MR) is 117 cm³/mol. The second-order valence-electron chi connectivity index (χ2n) is 7.09. The fourth-order valence-corrected chi connectivity index (χ4v) is 3.23. The molecule has 2 aromatic carbocycles. The molecule has 0 atom stereocenters. The molecule has 0 aliphatic heterocycles. The largest absolute Gasteiger partial charge is 0.464 e. The molecule has 2 rings (SSSR count). The SMILES string of the molecule is CCOC(=O)C(C(=O)OCC)N(CCN(C)Cc1ccccc1)Cc1ccccc1. The predicted octanol–water partition coefficient (Wildman–Crippen LogP) is 3.12. The van der Waals surface area contributed by atoms with Gasteiger partial charge in [-0.1, -0.05) is 60.7 Å². The molecule has 0 saturated heterocycles. The van der Waals surface area contributed by atoms with Gasteiger partial charge >= 0.3 is 11.9 Å². The maximum atomic E-state index is 12.6. The molecule has 0 saturated carbocycles. The topological polar surface area (TPSA) is 59.1 Å². The van der Waals surface area contributed by atoms with Gasteiger partial charge in [-0.05, 0) is 32.0 Å². The lowest BCUT2D eigenvalue weighted by Crippen LogP contribution is -2.50. The Kier molecular flexibility index (Phi) is 10.0. The number of rotatable bonds is 12. The van der Waals surface area contributed by atoms with Gasteiger partial charge in [0.25, 0.3) is 0 Å². The van der Waals surface area contributed by atoms with Crippen LogP contribution in [0.2, 0.25) is 0 Å². The average Bonchev–Trinajstić information content (AvgIpc) is 2.74. The lowest BCUT2D eigenvalue weighted by Gasteiger charge is -2.30. The molecule has 162 valence electrons. The van der Waals surface area contributed by atoms with Crippen molar-refractivity contribution in [2.24, 2.45) is 0 Å². The van der Waals surface area contributed by atoms with Crippen LogP contribution >= 0.6 is 0 Å². The first-order valence-corrected chi connectivity index (χ1v) is 10.4. The van der Waals surface area contributed by atoms with Gasteiger partial charge in [0, 0.05) is 26.2 Å². The Hall–Kier alpha value is -2.70. The van der Waals surface area contributed by atoms with Crippen molar-refractivity contribution in [1.29, 1.82) is 0 Å². The number of hydrogen-bond acceptors (Lipinski definition) is 6. The molecule has 0 bridgehead atoms. The standard InChI is InChI=1S/C24H32N2O4/c1-4-29-23(27)22(24(28)30-5-2)26(19-21-14-10-7-11-15-21)17-16-25(3)18-20-12-8-6-9-13-20/h6-15,22H,4-5,16-19H2,1-3H3. The molecule has 0 radical (unpaired) electrons. The van der Waals surface area contributed by atoms with E-state index < -0.39 is 18.0 Å². The summed E-state index contributed by atoms with van der Waals surface area (Å²) in [5.41, 5.74) is 2.23. The van der Waals surface area contributed by atoms with Crippen LogP contribution in [0.25, 0.3) is 0 Å². The Labute approximate surface area is 179 Å². The third kappa shape index (κ3) is 7.61. The molecular formula is C24H32N2O4. The summed E-state index contributed by atoms with van der Waals surface area (Å²) in [7, 11) is 2.03. The minimum absolute atomic E-state index is 0.210. The van der Waals surface area contributed by atoms with E-state index in [2.05, 4.69) is 17.0 Å². The Morgan fingerprint density at radius 3 is 1.70 bits per heavy atom. The van der Waals surface area contributed by atoms with Crippen LogP contribution in [0.3, 0.4) is 0 Å². The maximum absolute atomic E-state index is 12.6. The molecule has 0 aliphatic rings. The van der Waals surface area contributed by atoms with Gasteiger partial charge < -0.3 is 14.4 Å². The van der Waals surface area contributed by atoms with E-state index in [0.29, 0.717) is 19.6 Å². The van der Waals surface area contributed by atoms with Crippen molar-refractivity contribution in [3.05, 3.63) is 71.8 Å². The summed E-state index contributed by atoms with van der Waals surface area (Å²) in [6, 6.07) is 18.9. The smallest absolute Gasteiger partial charge is 0.335 e. The summed E-state index contributed by atoms with van der Waals surface area (Å²) in [5.74, 6) is -1.14. The normalized spacial score (nSPS) is 11.1. The Balaban J connectivity index is 2.16. The molecule has 0 aliphatic carbocycles. The molecule has 0 fully saturated rings. The highest BCUT2D eigenvalue weighted by atomic mass is 16.6. The van der Waals surface area contributed by atoms with Crippen LogP contribution in [0, 0.1) is 0 Å². The highest BCUT2D eigenvalue weighted by Crippen LogP contribution is 2.13. The van der Waals surface area contributed by atoms with Crippen molar-refractivity contribution in [3.63, 3.8) is 0 Å². The van der Waals surface area contributed by atoms with E-state index >= 15 is 0 Å². The average molecular weight is 413 g/mol. The van der Waals surface area contributed by atoms with Crippen LogP contribution in [-0.4, -0.2) is 61.1 Å². The van der Waals surface area contributed by atoms with Crippen LogP contribution in [-0.2, 0) is 32.2 Å². The van der Waals surface area contributed by atoms with Gasteiger partial charge in [-0.2, -0.15) is 0 Å². The molecule has 0 N–H and O–H groups in total. The molecule has 2 aromatic rings. The quantitative estimate of drug-likeness (QED) is 0.394. The summed E-state index contributed by atoms with van der Waals surface area (Å²) in [6.45, 7) is 6.30. The van der Waals surface area contributed by atoms with E-state index in [0.717, 1.165) is 12.1 Å². The number of benzene rings is 2. The van der Waals surface area contributed by atoms with Crippen LogP contribution in [0.5, 0.6) is 0 Å². The Morgan fingerprint density at radius 2 is 1.23 bits per heavy atom. The summed E-state index contributed by atoms with van der Waals surface area (Å²) in [5, 5.41) is 0. The Bertz CT molecular complexity index is 749. The maximum Gasteiger partial charge on any atom is 0.335 e. The van der Waals surface area contributed by atoms with E-state index in [-0.39, 0.29) is 13.2 Å². The second-order valence-corrected chi connectivity index (χ2v) is 7.09. The fourth-order valence-electron chi connectivity index (χ4n) is 3.23. The molecule has 0 amide bonds. The minimum Gasteiger partial charge on any atom is -0.464 e. The van der Waals surface area contributed by atoms with Crippen molar-refractivity contribution in [2.75, 3.05) is 33.4 Å². The van der Waals surface area contributed by atoms with Crippen molar-refractivity contribution < 1.29 is 19.1 Å². The number of ether oxygens (including phenoxy) is 2. The monoisotopic (exact) mass is 412 g/mol. The van der Waals surface area contributed by atoms with E-state index in [1.165, 1.54) is 5.56 Å². The molecular weight excluding hydrogens is 380 g/mol. The van der Waals surface area contributed by atoms with Crippen LogP contribution in [0.1, 0.15) is 25.0 Å². The van der Waals surface area contributed by atoms with E-state index in [4.69, 9.17) is 9.47 Å². The van der Waals surface area contributed by atoms with E-state index in [9.17, 15) is 9.59 Å². The van der Waals surface area contributed by atoms with Gasteiger partial charge in [0.1, 0.15) is 0 Å². The van der Waals surface area contributed by atoms with Crippen molar-refractivity contribution in [3.8, 4) is 0 Å². The van der Waals surface area contributed by atoms with E-state index in [1.54, 1.807) is 13.8 Å². The first-order chi connectivity index (χ1) is 14.5. The lowest BCUT2D eigenvalue weighted by atomic mass is 10.1. The molecule has 0 unspecified atom stereocenters. The first-order valence-electron chi connectivity index (χ1n) is 10.4. The summed E-state index contributed by atoms with van der Waals surface area (Å²) in [4.78, 5) is 29.3. The number of nitrogens with zero attached hydrogens (tertiary/aromatic N) is 2. The van der Waals surface area contributed by atoms with Crippen LogP contribution in [0.15, 0.2) is 60.7 Å². The van der Waals surface area contributed by atoms with Gasteiger partial charge in [-0.3, -0.25) is 4.90 Å². The number of likely N-dealkylation sites (N-methyl/N-ethyl adjacent to an activating group) is 1. The Morgan fingerprint density at radius 1 is 0.767 bits per heavy atom. The van der Waals surface area contributed by atoms with Gasteiger partial charge in [-0.25, -0.2) is 9.59 Å². The highest BCUT2D eigenvalue weighted by molar-refractivity contribution is 5.99.